The Labute approximate surface area is 189 Å². The van der Waals surface area contributed by atoms with Gasteiger partial charge in [-0.1, -0.05) is 30.3 Å². The lowest BCUT2D eigenvalue weighted by Gasteiger charge is -2.17. The minimum absolute atomic E-state index is 0. The van der Waals surface area contributed by atoms with Gasteiger partial charge in [0.05, 0.1) is 18.8 Å². The molecule has 1 amide bonds. The maximum atomic E-state index is 11.9. The van der Waals surface area contributed by atoms with Gasteiger partial charge in [-0.25, -0.2) is 4.98 Å². The molecule has 6 nitrogen and oxygen atoms in total. The van der Waals surface area contributed by atoms with Crippen molar-refractivity contribution in [3.8, 4) is 0 Å². The van der Waals surface area contributed by atoms with Crippen molar-refractivity contribution in [1.29, 1.82) is 0 Å². The van der Waals surface area contributed by atoms with Crippen LogP contribution in [0, 0.1) is 5.92 Å². The molecule has 0 bridgehead atoms. The summed E-state index contributed by atoms with van der Waals surface area (Å²) in [5, 5.41) is 2.79. The second-order valence-corrected chi connectivity index (χ2v) is 7.83. The van der Waals surface area contributed by atoms with E-state index in [9.17, 15) is 4.79 Å². The summed E-state index contributed by atoms with van der Waals surface area (Å²) in [7, 11) is 1.63. The van der Waals surface area contributed by atoms with Crippen molar-refractivity contribution in [2.24, 2.45) is 11.7 Å². The van der Waals surface area contributed by atoms with Crippen molar-refractivity contribution in [1.82, 2.24) is 9.88 Å². The number of methoxy groups -OCH3 is 1. The highest BCUT2D eigenvalue weighted by molar-refractivity contribution is 7.14. The first-order valence-electron chi connectivity index (χ1n) is 9.31. The number of hydrogen-bond donors (Lipinski definition) is 1. The number of ether oxygens (including phenoxy) is 1. The third kappa shape index (κ3) is 6.64. The minimum atomic E-state index is -0.0125. The number of nitrogens with two attached hydrogens (primary N) is 1. The fourth-order valence-electron chi connectivity index (χ4n) is 3.70. The van der Waals surface area contributed by atoms with Crippen LogP contribution in [0.5, 0.6) is 0 Å². The minimum Gasteiger partial charge on any atom is -0.383 e. The van der Waals surface area contributed by atoms with Crippen molar-refractivity contribution < 1.29 is 9.53 Å². The maximum Gasteiger partial charge on any atom is 0.225 e. The number of rotatable bonds is 8. The third-order valence-electron chi connectivity index (χ3n) is 5.10. The van der Waals surface area contributed by atoms with Crippen molar-refractivity contribution in [2.75, 3.05) is 44.8 Å². The quantitative estimate of drug-likeness (QED) is 0.654. The van der Waals surface area contributed by atoms with Gasteiger partial charge >= 0.3 is 0 Å². The van der Waals surface area contributed by atoms with E-state index in [-0.39, 0.29) is 30.7 Å². The Bertz CT molecular complexity index is 747. The van der Waals surface area contributed by atoms with Gasteiger partial charge in [-0.05, 0) is 18.0 Å². The Morgan fingerprint density at radius 2 is 2.03 bits per heavy atom. The van der Waals surface area contributed by atoms with Crippen LogP contribution in [0.1, 0.15) is 24.1 Å². The van der Waals surface area contributed by atoms with E-state index < -0.39 is 0 Å². The second kappa shape index (κ2) is 12.5. The highest BCUT2D eigenvalue weighted by Gasteiger charge is 2.33. The van der Waals surface area contributed by atoms with Gasteiger partial charge in [-0.15, -0.1) is 36.2 Å². The highest BCUT2D eigenvalue weighted by atomic mass is 35.5. The van der Waals surface area contributed by atoms with Crippen LogP contribution >= 0.6 is 36.2 Å². The average molecular weight is 461 g/mol. The SMILES string of the molecule is COCCN(C(C)=O)c1nc(CN2C[C@@H](CN)[C@H](c3ccccc3)C2)cs1.Cl.Cl. The largest absolute Gasteiger partial charge is 0.383 e. The van der Waals surface area contributed by atoms with Gasteiger partial charge in [0.25, 0.3) is 0 Å². The van der Waals surface area contributed by atoms with Gasteiger partial charge < -0.3 is 10.5 Å². The van der Waals surface area contributed by atoms with E-state index in [1.807, 2.05) is 5.38 Å². The monoisotopic (exact) mass is 460 g/mol. The molecule has 0 aliphatic carbocycles. The number of amides is 1. The predicted molar refractivity (Wildman–Crippen MR) is 124 cm³/mol. The molecule has 2 aromatic rings. The van der Waals surface area contributed by atoms with Crippen molar-refractivity contribution >= 4 is 47.2 Å². The van der Waals surface area contributed by atoms with Crippen molar-refractivity contribution in [3.63, 3.8) is 0 Å². The Balaban J connectivity index is 0.00000210. The summed E-state index contributed by atoms with van der Waals surface area (Å²) in [6.45, 7) is 6.01. The van der Waals surface area contributed by atoms with E-state index in [1.54, 1.807) is 18.9 Å². The summed E-state index contributed by atoms with van der Waals surface area (Å²) in [5.74, 6) is 0.909. The summed E-state index contributed by atoms with van der Waals surface area (Å²) >= 11 is 1.51. The number of benzene rings is 1. The van der Waals surface area contributed by atoms with Crippen LogP contribution in [0.15, 0.2) is 35.7 Å². The fourth-order valence-corrected chi connectivity index (χ4v) is 4.58. The molecule has 0 spiro atoms. The molecule has 1 saturated heterocycles. The Morgan fingerprint density at radius 1 is 1.31 bits per heavy atom. The standard InChI is InChI=1S/C20H28N4O2S.2ClH/c1-15(25)24(8-9-26-2)20-22-18(14-27-20)12-23-11-17(10-21)19(13-23)16-6-4-3-5-7-16;;/h3-7,14,17,19H,8-13,21H2,1-2H3;2*1H/t17-,19+;;/m1../s1. The number of likely N-dealkylation sites (tertiary alicyclic amines) is 1. The fraction of sp³-hybridized carbons (Fsp3) is 0.500. The van der Waals surface area contributed by atoms with E-state index in [0.29, 0.717) is 31.5 Å². The third-order valence-corrected chi connectivity index (χ3v) is 6.01. The second-order valence-electron chi connectivity index (χ2n) is 6.99. The van der Waals surface area contributed by atoms with Gasteiger partial charge in [0.15, 0.2) is 5.13 Å². The number of halogens is 2. The molecular formula is C20H30Cl2N4O2S. The molecule has 2 atom stereocenters. The van der Waals surface area contributed by atoms with E-state index in [4.69, 9.17) is 15.5 Å². The first-order chi connectivity index (χ1) is 13.1. The molecule has 9 heteroatoms. The first kappa shape index (κ1) is 25.8. The normalized spacial score (nSPS) is 18.7. The molecule has 2 N–H and O–H groups in total. The zero-order valence-corrected chi connectivity index (χ0v) is 19.3. The van der Waals surface area contributed by atoms with Crippen LogP contribution in [0.25, 0.3) is 0 Å². The topological polar surface area (TPSA) is 71.7 Å². The molecule has 1 aliphatic rings. The number of hydrogen-bond acceptors (Lipinski definition) is 6. The lowest BCUT2D eigenvalue weighted by molar-refractivity contribution is -0.116. The van der Waals surface area contributed by atoms with Crippen LogP contribution in [-0.4, -0.2) is 55.7 Å². The van der Waals surface area contributed by atoms with Crippen molar-refractivity contribution in [2.45, 2.75) is 19.4 Å². The highest BCUT2D eigenvalue weighted by Crippen LogP contribution is 2.33. The maximum absolute atomic E-state index is 11.9. The number of anilines is 1. The Morgan fingerprint density at radius 3 is 2.66 bits per heavy atom. The number of carbonyl (C=O) groups is 1. The smallest absolute Gasteiger partial charge is 0.225 e. The zero-order chi connectivity index (χ0) is 19.2. The summed E-state index contributed by atoms with van der Waals surface area (Å²) in [6.07, 6.45) is 0. The molecule has 1 aromatic carbocycles. The Hall–Kier alpha value is -1.22. The zero-order valence-electron chi connectivity index (χ0n) is 16.8. The van der Waals surface area contributed by atoms with Crippen LogP contribution in [0.3, 0.4) is 0 Å². The summed E-state index contributed by atoms with van der Waals surface area (Å²) in [5.41, 5.74) is 8.41. The number of aromatic nitrogens is 1. The molecule has 162 valence electrons. The van der Waals surface area contributed by atoms with Crippen LogP contribution in [0.2, 0.25) is 0 Å². The van der Waals surface area contributed by atoms with E-state index in [1.165, 1.54) is 16.9 Å². The summed E-state index contributed by atoms with van der Waals surface area (Å²) in [4.78, 5) is 20.7. The van der Waals surface area contributed by atoms with Gasteiger partial charge in [0, 0.05) is 45.0 Å². The molecule has 3 rings (SSSR count). The van der Waals surface area contributed by atoms with Gasteiger partial charge in [0.1, 0.15) is 0 Å². The molecule has 1 aromatic heterocycles. The summed E-state index contributed by atoms with van der Waals surface area (Å²) < 4.78 is 5.10. The Kier molecular flexibility index (Phi) is 11.1. The molecule has 1 fully saturated rings. The lowest BCUT2D eigenvalue weighted by Crippen LogP contribution is -2.31. The van der Waals surface area contributed by atoms with Crippen LogP contribution < -0.4 is 10.6 Å². The average Bonchev–Trinajstić information content (AvgIpc) is 3.30. The molecule has 1 aliphatic heterocycles. The number of nitrogens with zero attached hydrogens (tertiary/aromatic N) is 3. The van der Waals surface area contributed by atoms with Gasteiger partial charge in [0.2, 0.25) is 5.91 Å². The molecular weight excluding hydrogens is 431 g/mol. The van der Waals surface area contributed by atoms with E-state index in [2.05, 4.69) is 35.2 Å². The van der Waals surface area contributed by atoms with Crippen molar-refractivity contribution in [3.05, 3.63) is 47.0 Å². The molecule has 0 unspecified atom stereocenters. The predicted octanol–water partition coefficient (Wildman–Crippen LogP) is 3.16. The summed E-state index contributed by atoms with van der Waals surface area (Å²) in [6, 6.07) is 10.6. The molecule has 0 radical (unpaired) electrons. The van der Waals surface area contributed by atoms with Crippen LogP contribution in [0.4, 0.5) is 5.13 Å². The number of thiazole rings is 1. The van der Waals surface area contributed by atoms with E-state index >= 15 is 0 Å². The molecule has 29 heavy (non-hydrogen) atoms. The number of carbonyl (C=O) groups excluding carboxylic acids is 1. The molecule has 0 saturated carbocycles. The lowest BCUT2D eigenvalue weighted by atomic mass is 9.89. The first-order valence-corrected chi connectivity index (χ1v) is 10.2. The molecule has 2 heterocycles. The van der Waals surface area contributed by atoms with Gasteiger partial charge in [-0.2, -0.15) is 0 Å². The van der Waals surface area contributed by atoms with E-state index in [0.717, 1.165) is 30.5 Å². The van der Waals surface area contributed by atoms with Crippen LogP contribution in [-0.2, 0) is 16.1 Å². The van der Waals surface area contributed by atoms with Gasteiger partial charge in [-0.3, -0.25) is 14.6 Å².